The van der Waals surface area contributed by atoms with E-state index in [2.05, 4.69) is 19.2 Å². The number of nitrogens with zero attached hydrogens (tertiary/aromatic N) is 1. The van der Waals surface area contributed by atoms with Crippen LogP contribution in [0.5, 0.6) is 11.5 Å². The van der Waals surface area contributed by atoms with E-state index in [-0.39, 0.29) is 11.8 Å². The van der Waals surface area contributed by atoms with E-state index in [9.17, 15) is 9.59 Å². The molecule has 1 aliphatic heterocycles. The second-order valence-corrected chi connectivity index (χ2v) is 8.88. The van der Waals surface area contributed by atoms with Gasteiger partial charge in [-0.05, 0) is 63.4 Å². The fourth-order valence-electron chi connectivity index (χ4n) is 3.47. The van der Waals surface area contributed by atoms with Crippen LogP contribution in [0.4, 0.5) is 11.4 Å². The number of benzene rings is 2. The number of para-hydroxylation sites is 1. The molecule has 6 nitrogen and oxygen atoms in total. The summed E-state index contributed by atoms with van der Waals surface area (Å²) in [7, 11) is 0. The number of nitrogens with one attached hydrogen (secondary N) is 1. The largest absolute Gasteiger partial charge is 0.493 e. The highest BCUT2D eigenvalue weighted by atomic mass is 16.5. The smallest absolute Gasteiger partial charge is 0.259 e. The van der Waals surface area contributed by atoms with Crippen LogP contribution in [0.15, 0.2) is 42.5 Å². The number of hydrogen-bond acceptors (Lipinski definition) is 4. The van der Waals surface area contributed by atoms with E-state index in [0.29, 0.717) is 54.1 Å². The Hall–Kier alpha value is -3.02. The minimum Gasteiger partial charge on any atom is -0.493 e. The van der Waals surface area contributed by atoms with Gasteiger partial charge in [0.15, 0.2) is 0 Å². The number of fused-ring (bicyclic) bond motifs is 1. The summed E-state index contributed by atoms with van der Waals surface area (Å²) in [6.07, 6.45) is 0.875. The maximum Gasteiger partial charge on any atom is 0.259 e. The maximum absolute atomic E-state index is 13.3. The summed E-state index contributed by atoms with van der Waals surface area (Å²) in [6.45, 7) is 11.3. The average molecular weight is 425 g/mol. The van der Waals surface area contributed by atoms with Gasteiger partial charge in [0.1, 0.15) is 18.1 Å². The van der Waals surface area contributed by atoms with Crippen LogP contribution in [0.1, 0.15) is 51.4 Å². The number of hydrogen-bond donors (Lipinski definition) is 1. The molecule has 0 spiro atoms. The van der Waals surface area contributed by atoms with Gasteiger partial charge in [-0.3, -0.25) is 9.59 Å². The lowest BCUT2D eigenvalue weighted by Crippen LogP contribution is -2.42. The first-order valence-corrected chi connectivity index (χ1v) is 10.8. The van der Waals surface area contributed by atoms with Crippen LogP contribution in [-0.2, 0) is 4.79 Å². The number of carbonyl (C=O) groups is 2. The van der Waals surface area contributed by atoms with Crippen molar-refractivity contribution < 1.29 is 19.1 Å². The molecule has 0 bridgehead atoms. The monoisotopic (exact) mass is 424 g/mol. The number of amides is 2. The molecule has 6 heteroatoms. The number of ether oxygens (including phenoxy) is 2. The summed E-state index contributed by atoms with van der Waals surface area (Å²) in [5, 5.41) is 2.94. The molecule has 0 radical (unpaired) electrons. The lowest BCUT2D eigenvalue weighted by atomic mass is 9.92. The van der Waals surface area contributed by atoms with E-state index in [1.54, 1.807) is 29.2 Å². The van der Waals surface area contributed by atoms with E-state index in [4.69, 9.17) is 9.47 Å². The van der Waals surface area contributed by atoms with Gasteiger partial charge in [-0.2, -0.15) is 0 Å². The Morgan fingerprint density at radius 2 is 1.97 bits per heavy atom. The van der Waals surface area contributed by atoms with E-state index in [1.165, 1.54) is 0 Å². The lowest BCUT2D eigenvalue weighted by molar-refractivity contribution is -0.127. The van der Waals surface area contributed by atoms with Gasteiger partial charge in [-0.25, -0.2) is 0 Å². The fraction of sp³-hybridized carbons (Fsp3) is 0.440. The van der Waals surface area contributed by atoms with Crippen molar-refractivity contribution in [3.63, 3.8) is 0 Å². The third-order valence-corrected chi connectivity index (χ3v) is 5.28. The quantitative estimate of drug-likeness (QED) is 0.669. The zero-order chi connectivity index (χ0) is 22.6. The Labute approximate surface area is 184 Å². The average Bonchev–Trinajstić information content (AvgIpc) is 2.82. The van der Waals surface area contributed by atoms with Gasteiger partial charge >= 0.3 is 0 Å². The molecular formula is C25H32N2O4. The highest BCUT2D eigenvalue weighted by molar-refractivity contribution is 6.07. The van der Waals surface area contributed by atoms with Crippen LogP contribution in [0, 0.1) is 11.3 Å². The normalized spacial score (nSPS) is 15.2. The van der Waals surface area contributed by atoms with Gasteiger partial charge < -0.3 is 19.7 Å². The minimum absolute atomic E-state index is 0.0251. The molecule has 3 rings (SSSR count). The third kappa shape index (κ3) is 5.19. The molecule has 1 aliphatic rings. The SMILES string of the molecule is CCOc1ccccc1C(=O)Nc1ccc2c(c1)N(CCC(C)C)C(=O)C(C)(C)CO2. The molecule has 0 saturated heterocycles. The minimum atomic E-state index is -0.629. The number of rotatable bonds is 7. The van der Waals surface area contributed by atoms with Gasteiger partial charge in [0, 0.05) is 12.2 Å². The summed E-state index contributed by atoms with van der Waals surface area (Å²) in [5.74, 6) is 1.41. The highest BCUT2D eigenvalue weighted by Gasteiger charge is 2.37. The molecule has 0 fully saturated rings. The van der Waals surface area contributed by atoms with Crippen molar-refractivity contribution in [2.75, 3.05) is 30.0 Å². The zero-order valence-corrected chi connectivity index (χ0v) is 19.0. The van der Waals surface area contributed by atoms with Crippen molar-refractivity contribution in [1.29, 1.82) is 0 Å². The highest BCUT2D eigenvalue weighted by Crippen LogP contribution is 2.38. The summed E-state index contributed by atoms with van der Waals surface area (Å²) < 4.78 is 11.5. The van der Waals surface area contributed by atoms with Gasteiger partial charge in [0.25, 0.3) is 5.91 Å². The zero-order valence-electron chi connectivity index (χ0n) is 19.0. The molecule has 0 aromatic heterocycles. The molecule has 0 atom stereocenters. The summed E-state index contributed by atoms with van der Waals surface area (Å²) in [6, 6.07) is 12.6. The van der Waals surface area contributed by atoms with Crippen LogP contribution in [0.2, 0.25) is 0 Å². The topological polar surface area (TPSA) is 67.9 Å². The molecule has 1 N–H and O–H groups in total. The third-order valence-electron chi connectivity index (χ3n) is 5.28. The van der Waals surface area contributed by atoms with Gasteiger partial charge in [-0.15, -0.1) is 0 Å². The first-order chi connectivity index (χ1) is 14.7. The van der Waals surface area contributed by atoms with Crippen LogP contribution in [-0.4, -0.2) is 31.6 Å². The van der Waals surface area contributed by atoms with E-state index in [0.717, 1.165) is 6.42 Å². The summed E-state index contributed by atoms with van der Waals surface area (Å²) in [4.78, 5) is 28.0. The molecule has 0 unspecified atom stereocenters. The molecule has 0 saturated carbocycles. The molecule has 166 valence electrons. The van der Waals surface area contributed by atoms with Crippen molar-refractivity contribution in [2.24, 2.45) is 11.3 Å². The van der Waals surface area contributed by atoms with E-state index >= 15 is 0 Å². The van der Waals surface area contributed by atoms with Crippen LogP contribution in [0.25, 0.3) is 0 Å². The molecule has 2 aromatic carbocycles. The van der Waals surface area contributed by atoms with Crippen molar-refractivity contribution >= 4 is 23.2 Å². The second-order valence-electron chi connectivity index (χ2n) is 8.88. The lowest BCUT2D eigenvalue weighted by Gasteiger charge is -2.28. The van der Waals surface area contributed by atoms with Crippen molar-refractivity contribution in [3.8, 4) is 11.5 Å². The molecular weight excluding hydrogens is 392 g/mol. The Morgan fingerprint density at radius 1 is 1.23 bits per heavy atom. The predicted octanol–water partition coefficient (Wildman–Crippen LogP) is 5.14. The first kappa shape index (κ1) is 22.7. The Balaban J connectivity index is 1.91. The molecule has 2 amide bonds. The summed E-state index contributed by atoms with van der Waals surface area (Å²) in [5.41, 5.74) is 1.12. The van der Waals surface area contributed by atoms with Crippen LogP contribution >= 0.6 is 0 Å². The van der Waals surface area contributed by atoms with Crippen molar-refractivity contribution in [2.45, 2.75) is 41.0 Å². The Morgan fingerprint density at radius 3 is 2.68 bits per heavy atom. The first-order valence-electron chi connectivity index (χ1n) is 10.8. The van der Waals surface area contributed by atoms with E-state index < -0.39 is 5.41 Å². The standard InChI is InChI=1S/C25H32N2O4/c1-6-30-21-10-8-7-9-19(21)23(28)26-18-11-12-22-20(15-18)27(14-13-17(2)3)24(29)25(4,5)16-31-22/h7-12,15,17H,6,13-14,16H2,1-5H3,(H,26,28). The Kier molecular flexibility index (Phi) is 6.88. The second kappa shape index (κ2) is 9.41. The van der Waals surface area contributed by atoms with Gasteiger partial charge in [0.05, 0.1) is 23.3 Å². The molecule has 31 heavy (non-hydrogen) atoms. The molecule has 2 aromatic rings. The fourth-order valence-corrected chi connectivity index (χ4v) is 3.47. The molecule has 0 aliphatic carbocycles. The van der Waals surface area contributed by atoms with Crippen LogP contribution in [0.3, 0.4) is 0 Å². The van der Waals surface area contributed by atoms with E-state index in [1.807, 2.05) is 39.0 Å². The number of carbonyl (C=O) groups excluding carboxylic acids is 2. The van der Waals surface area contributed by atoms with Crippen molar-refractivity contribution in [3.05, 3.63) is 48.0 Å². The van der Waals surface area contributed by atoms with Crippen molar-refractivity contribution in [1.82, 2.24) is 0 Å². The molecule has 1 heterocycles. The number of anilines is 2. The Bertz CT molecular complexity index is 952. The summed E-state index contributed by atoms with van der Waals surface area (Å²) >= 11 is 0. The predicted molar refractivity (Wildman–Crippen MR) is 123 cm³/mol. The maximum atomic E-state index is 13.3. The van der Waals surface area contributed by atoms with Gasteiger partial charge in [0.2, 0.25) is 5.91 Å². The van der Waals surface area contributed by atoms with Crippen LogP contribution < -0.4 is 19.7 Å². The van der Waals surface area contributed by atoms with Gasteiger partial charge in [-0.1, -0.05) is 26.0 Å².